The maximum Gasteiger partial charge on any atom is 0.263 e. The van der Waals surface area contributed by atoms with Gasteiger partial charge in [0, 0.05) is 26.2 Å². The molecule has 7 heteroatoms. The second-order valence-corrected chi connectivity index (χ2v) is 7.35. The Morgan fingerprint density at radius 2 is 1.80 bits per heavy atom. The summed E-state index contributed by atoms with van der Waals surface area (Å²) in [4.78, 5) is 26.8. The molecular formula is C23H30ClN3O3. The topological polar surface area (TPSA) is 84.7 Å². The number of benzene rings is 2. The van der Waals surface area contributed by atoms with Crippen molar-refractivity contribution in [1.82, 2.24) is 10.2 Å². The van der Waals surface area contributed by atoms with E-state index in [1.54, 1.807) is 11.8 Å². The standard InChI is InChI=1S/C23H29N3O3.ClH/c1-17(23(28)26-15-5-8-20(16-26)22(27)25-14-13-24)29-21-11-9-19(10-12-21)18-6-3-2-4-7-18;/h2-4,6-7,9-12,17,20H,5,8,13-16,24H2,1H3,(H,25,27);1H. The third kappa shape index (κ3) is 6.21. The number of amides is 2. The molecule has 1 saturated heterocycles. The minimum atomic E-state index is -0.608. The molecule has 0 aliphatic carbocycles. The fraction of sp³-hybridized carbons (Fsp3) is 0.391. The van der Waals surface area contributed by atoms with Crippen molar-refractivity contribution in [3.05, 3.63) is 54.6 Å². The molecule has 0 radical (unpaired) electrons. The predicted molar refractivity (Wildman–Crippen MR) is 121 cm³/mol. The monoisotopic (exact) mass is 431 g/mol. The third-order valence-electron chi connectivity index (χ3n) is 5.17. The summed E-state index contributed by atoms with van der Waals surface area (Å²) in [6, 6.07) is 17.8. The van der Waals surface area contributed by atoms with Crippen LogP contribution in [-0.4, -0.2) is 49.0 Å². The van der Waals surface area contributed by atoms with Crippen LogP contribution in [0.4, 0.5) is 0 Å². The van der Waals surface area contributed by atoms with Gasteiger partial charge in [-0.3, -0.25) is 9.59 Å². The zero-order chi connectivity index (χ0) is 20.6. The second kappa shape index (κ2) is 11.6. The highest BCUT2D eigenvalue weighted by molar-refractivity contribution is 5.85. The highest BCUT2D eigenvalue weighted by Gasteiger charge is 2.31. The molecule has 1 aliphatic rings. The van der Waals surface area contributed by atoms with Gasteiger partial charge in [-0.05, 0) is 43.0 Å². The van der Waals surface area contributed by atoms with Crippen LogP contribution in [-0.2, 0) is 9.59 Å². The third-order valence-corrected chi connectivity index (χ3v) is 5.17. The fourth-order valence-corrected chi connectivity index (χ4v) is 3.60. The van der Waals surface area contributed by atoms with E-state index in [0.717, 1.165) is 24.0 Å². The largest absolute Gasteiger partial charge is 0.481 e. The first-order valence-electron chi connectivity index (χ1n) is 10.2. The van der Waals surface area contributed by atoms with E-state index in [4.69, 9.17) is 10.5 Å². The number of likely N-dealkylation sites (tertiary alicyclic amines) is 1. The van der Waals surface area contributed by atoms with Crippen LogP contribution < -0.4 is 15.8 Å². The number of hydrogen-bond donors (Lipinski definition) is 2. The summed E-state index contributed by atoms with van der Waals surface area (Å²) in [7, 11) is 0. The molecule has 2 aromatic rings. The fourth-order valence-electron chi connectivity index (χ4n) is 3.60. The average Bonchev–Trinajstić information content (AvgIpc) is 2.78. The Kier molecular flexibility index (Phi) is 9.15. The minimum absolute atomic E-state index is 0. The molecular weight excluding hydrogens is 402 g/mol. The Hall–Kier alpha value is -2.57. The number of halogens is 1. The summed E-state index contributed by atoms with van der Waals surface area (Å²) in [5.41, 5.74) is 7.67. The summed E-state index contributed by atoms with van der Waals surface area (Å²) < 4.78 is 5.87. The zero-order valence-electron chi connectivity index (χ0n) is 17.3. The van der Waals surface area contributed by atoms with Crippen LogP contribution in [0.2, 0.25) is 0 Å². The highest BCUT2D eigenvalue weighted by atomic mass is 35.5. The number of nitrogens with two attached hydrogens (primary N) is 1. The van der Waals surface area contributed by atoms with E-state index in [1.807, 2.05) is 42.5 Å². The maximum atomic E-state index is 12.8. The lowest BCUT2D eigenvalue weighted by molar-refractivity contribution is -0.141. The van der Waals surface area contributed by atoms with Gasteiger partial charge in [-0.25, -0.2) is 0 Å². The minimum Gasteiger partial charge on any atom is -0.481 e. The number of carbonyl (C=O) groups excluding carboxylic acids is 2. The van der Waals surface area contributed by atoms with Gasteiger partial charge in [-0.15, -0.1) is 12.4 Å². The summed E-state index contributed by atoms with van der Waals surface area (Å²) in [5, 5.41) is 2.82. The molecule has 162 valence electrons. The number of hydrogen-bond acceptors (Lipinski definition) is 4. The summed E-state index contributed by atoms with van der Waals surface area (Å²) in [5.74, 6) is 0.350. The van der Waals surface area contributed by atoms with Gasteiger partial charge in [0.05, 0.1) is 5.92 Å². The van der Waals surface area contributed by atoms with Crippen LogP contribution in [0, 0.1) is 5.92 Å². The van der Waals surface area contributed by atoms with E-state index in [2.05, 4.69) is 17.4 Å². The highest BCUT2D eigenvalue weighted by Crippen LogP contribution is 2.23. The molecule has 0 spiro atoms. The molecule has 3 N–H and O–H groups in total. The van der Waals surface area contributed by atoms with Crippen LogP contribution in [0.5, 0.6) is 5.75 Å². The maximum absolute atomic E-state index is 12.8. The molecule has 0 bridgehead atoms. The molecule has 2 atom stereocenters. The first kappa shape index (κ1) is 23.7. The number of rotatable bonds is 7. The van der Waals surface area contributed by atoms with Crippen LogP contribution in [0.25, 0.3) is 11.1 Å². The van der Waals surface area contributed by atoms with Crippen molar-refractivity contribution in [3.63, 3.8) is 0 Å². The molecule has 30 heavy (non-hydrogen) atoms. The Balaban J connectivity index is 0.00000320. The Morgan fingerprint density at radius 3 is 2.47 bits per heavy atom. The molecule has 3 rings (SSSR count). The van der Waals surface area contributed by atoms with Gasteiger partial charge in [-0.1, -0.05) is 42.5 Å². The molecule has 0 saturated carbocycles. The first-order valence-corrected chi connectivity index (χ1v) is 10.2. The van der Waals surface area contributed by atoms with Gasteiger partial charge in [0.15, 0.2) is 6.10 Å². The quantitative estimate of drug-likeness (QED) is 0.706. The zero-order valence-corrected chi connectivity index (χ0v) is 18.1. The van der Waals surface area contributed by atoms with Crippen LogP contribution in [0.1, 0.15) is 19.8 Å². The first-order chi connectivity index (χ1) is 14.1. The molecule has 2 amide bonds. The predicted octanol–water partition coefficient (Wildman–Crippen LogP) is 2.86. The van der Waals surface area contributed by atoms with Crippen molar-refractivity contribution >= 4 is 24.2 Å². The van der Waals surface area contributed by atoms with Crippen molar-refractivity contribution in [2.45, 2.75) is 25.9 Å². The van der Waals surface area contributed by atoms with Crippen LogP contribution in [0.3, 0.4) is 0 Å². The average molecular weight is 432 g/mol. The number of nitrogens with one attached hydrogen (secondary N) is 1. The van der Waals surface area contributed by atoms with Crippen molar-refractivity contribution < 1.29 is 14.3 Å². The van der Waals surface area contributed by atoms with Crippen molar-refractivity contribution in [2.24, 2.45) is 11.7 Å². The van der Waals surface area contributed by atoms with E-state index in [0.29, 0.717) is 31.9 Å². The SMILES string of the molecule is CC(Oc1ccc(-c2ccccc2)cc1)C(=O)N1CCCC(C(=O)NCCN)C1.Cl. The smallest absolute Gasteiger partial charge is 0.263 e. The lowest BCUT2D eigenvalue weighted by atomic mass is 9.96. The Bertz CT molecular complexity index is 814. The number of carbonyl (C=O) groups is 2. The normalized spacial score (nSPS) is 16.9. The van der Waals surface area contributed by atoms with E-state index < -0.39 is 6.10 Å². The van der Waals surface area contributed by atoms with Gasteiger partial charge < -0.3 is 20.7 Å². The summed E-state index contributed by atoms with van der Waals surface area (Å²) in [6.45, 7) is 3.71. The lowest BCUT2D eigenvalue weighted by Gasteiger charge is -2.33. The van der Waals surface area contributed by atoms with E-state index in [1.165, 1.54) is 0 Å². The molecule has 2 unspecified atom stereocenters. The van der Waals surface area contributed by atoms with Crippen LogP contribution >= 0.6 is 12.4 Å². The van der Waals surface area contributed by atoms with Gasteiger partial charge in [0.25, 0.3) is 5.91 Å². The van der Waals surface area contributed by atoms with Crippen LogP contribution in [0.15, 0.2) is 54.6 Å². The molecule has 1 fully saturated rings. The second-order valence-electron chi connectivity index (χ2n) is 7.35. The molecule has 0 aromatic heterocycles. The van der Waals surface area contributed by atoms with E-state index in [9.17, 15) is 9.59 Å². The van der Waals surface area contributed by atoms with E-state index >= 15 is 0 Å². The molecule has 6 nitrogen and oxygen atoms in total. The van der Waals surface area contributed by atoms with Crippen molar-refractivity contribution in [3.8, 4) is 16.9 Å². The Morgan fingerprint density at radius 1 is 1.13 bits per heavy atom. The molecule has 1 heterocycles. The number of piperidine rings is 1. The van der Waals surface area contributed by atoms with Gasteiger partial charge >= 0.3 is 0 Å². The lowest BCUT2D eigenvalue weighted by Crippen LogP contribution is -2.49. The Labute approximate surface area is 184 Å². The van der Waals surface area contributed by atoms with Gasteiger partial charge in [0.2, 0.25) is 5.91 Å². The molecule has 1 aliphatic heterocycles. The van der Waals surface area contributed by atoms with E-state index in [-0.39, 0.29) is 30.1 Å². The summed E-state index contributed by atoms with van der Waals surface area (Å²) in [6.07, 6.45) is 0.991. The molecule has 2 aromatic carbocycles. The number of nitrogens with zero attached hydrogens (tertiary/aromatic N) is 1. The van der Waals surface area contributed by atoms with Crippen molar-refractivity contribution in [2.75, 3.05) is 26.2 Å². The van der Waals surface area contributed by atoms with Gasteiger partial charge in [0.1, 0.15) is 5.75 Å². The summed E-state index contributed by atoms with van der Waals surface area (Å²) >= 11 is 0. The van der Waals surface area contributed by atoms with Crippen molar-refractivity contribution in [1.29, 1.82) is 0 Å². The number of ether oxygens (including phenoxy) is 1. The van der Waals surface area contributed by atoms with Gasteiger partial charge in [-0.2, -0.15) is 0 Å².